The highest BCUT2D eigenvalue weighted by Gasteiger charge is 2.12. The van der Waals surface area contributed by atoms with Crippen LogP contribution in [0.4, 0.5) is 11.4 Å². The summed E-state index contributed by atoms with van der Waals surface area (Å²) in [7, 11) is 7.80. The highest BCUT2D eigenvalue weighted by molar-refractivity contribution is 6.03. The van der Waals surface area contributed by atoms with Gasteiger partial charge in [0.15, 0.2) is 11.5 Å². The minimum absolute atomic E-state index is 0.312. The molecular formula is C28H30N2O6. The van der Waals surface area contributed by atoms with Crippen molar-refractivity contribution in [2.75, 3.05) is 46.6 Å². The number of nitrogen functional groups attached to an aromatic ring is 1. The number of ether oxygens (including phenoxy) is 5. The van der Waals surface area contributed by atoms with E-state index in [1.165, 1.54) is 6.08 Å². The molecule has 1 amide bonds. The number of benzene rings is 3. The molecule has 8 heteroatoms. The van der Waals surface area contributed by atoms with Crippen molar-refractivity contribution in [2.24, 2.45) is 0 Å². The fraction of sp³-hybridized carbons (Fsp3) is 0.179. The Morgan fingerprint density at radius 2 is 1.22 bits per heavy atom. The van der Waals surface area contributed by atoms with Crippen LogP contribution in [0.25, 0.3) is 18.2 Å². The zero-order valence-corrected chi connectivity index (χ0v) is 21.0. The van der Waals surface area contributed by atoms with Crippen molar-refractivity contribution in [3.05, 3.63) is 71.3 Å². The molecule has 3 N–H and O–H groups in total. The molecule has 0 heterocycles. The molecule has 0 aliphatic rings. The highest BCUT2D eigenvalue weighted by Crippen LogP contribution is 2.38. The molecule has 3 rings (SSSR count). The summed E-state index contributed by atoms with van der Waals surface area (Å²) in [6, 6.07) is 14.5. The van der Waals surface area contributed by atoms with Crippen LogP contribution in [0, 0.1) is 0 Å². The summed E-state index contributed by atoms with van der Waals surface area (Å²) in [5, 5.41) is 2.86. The van der Waals surface area contributed by atoms with E-state index in [1.807, 2.05) is 42.5 Å². The van der Waals surface area contributed by atoms with Crippen LogP contribution in [0.15, 0.2) is 54.6 Å². The van der Waals surface area contributed by atoms with Gasteiger partial charge in [0.2, 0.25) is 11.7 Å². The van der Waals surface area contributed by atoms with Crippen molar-refractivity contribution in [3.63, 3.8) is 0 Å². The van der Waals surface area contributed by atoms with Gasteiger partial charge in [0.05, 0.1) is 46.9 Å². The van der Waals surface area contributed by atoms with E-state index in [0.29, 0.717) is 40.1 Å². The number of hydrogen-bond donors (Lipinski definition) is 2. The molecule has 3 aromatic carbocycles. The molecular weight excluding hydrogens is 460 g/mol. The number of carbonyl (C=O) groups excluding carboxylic acids is 1. The van der Waals surface area contributed by atoms with Gasteiger partial charge in [0, 0.05) is 6.08 Å². The Balaban J connectivity index is 1.80. The lowest BCUT2D eigenvalue weighted by Gasteiger charge is -2.13. The van der Waals surface area contributed by atoms with Gasteiger partial charge < -0.3 is 34.7 Å². The summed E-state index contributed by atoms with van der Waals surface area (Å²) in [5.74, 6) is 2.45. The average Bonchev–Trinajstić information content (AvgIpc) is 2.90. The lowest BCUT2D eigenvalue weighted by atomic mass is 10.1. The van der Waals surface area contributed by atoms with Crippen molar-refractivity contribution < 1.29 is 28.5 Å². The molecule has 0 saturated heterocycles. The zero-order valence-electron chi connectivity index (χ0n) is 21.0. The molecule has 0 saturated carbocycles. The summed E-state index contributed by atoms with van der Waals surface area (Å²) < 4.78 is 26.8. The monoisotopic (exact) mass is 490 g/mol. The number of carbonyl (C=O) groups is 1. The van der Waals surface area contributed by atoms with E-state index in [0.717, 1.165) is 16.7 Å². The first kappa shape index (κ1) is 26.0. The number of anilines is 2. The maximum Gasteiger partial charge on any atom is 0.248 e. The molecule has 0 aliphatic heterocycles. The summed E-state index contributed by atoms with van der Waals surface area (Å²) >= 11 is 0. The van der Waals surface area contributed by atoms with E-state index in [1.54, 1.807) is 59.8 Å². The molecule has 36 heavy (non-hydrogen) atoms. The van der Waals surface area contributed by atoms with Gasteiger partial charge in [-0.1, -0.05) is 24.3 Å². The van der Waals surface area contributed by atoms with Gasteiger partial charge in [0.25, 0.3) is 0 Å². The van der Waals surface area contributed by atoms with Crippen molar-refractivity contribution in [3.8, 4) is 28.7 Å². The van der Waals surface area contributed by atoms with E-state index in [2.05, 4.69) is 5.32 Å². The summed E-state index contributed by atoms with van der Waals surface area (Å²) in [4.78, 5) is 12.6. The van der Waals surface area contributed by atoms with Crippen LogP contribution in [0.1, 0.15) is 16.7 Å². The van der Waals surface area contributed by atoms with Crippen LogP contribution in [-0.2, 0) is 4.79 Å². The zero-order chi connectivity index (χ0) is 26.1. The van der Waals surface area contributed by atoms with Crippen LogP contribution < -0.4 is 34.7 Å². The van der Waals surface area contributed by atoms with E-state index < -0.39 is 0 Å². The molecule has 188 valence electrons. The van der Waals surface area contributed by atoms with Crippen molar-refractivity contribution in [1.29, 1.82) is 0 Å². The normalized spacial score (nSPS) is 10.9. The predicted molar refractivity (Wildman–Crippen MR) is 143 cm³/mol. The molecule has 0 fully saturated rings. The Labute approximate surface area is 210 Å². The quantitative estimate of drug-likeness (QED) is 0.231. The lowest BCUT2D eigenvalue weighted by molar-refractivity contribution is -0.111. The predicted octanol–water partition coefficient (Wildman–Crippen LogP) is 5.13. The summed E-state index contributed by atoms with van der Waals surface area (Å²) in [6.45, 7) is 0. The van der Waals surface area contributed by atoms with Crippen LogP contribution in [-0.4, -0.2) is 41.5 Å². The van der Waals surface area contributed by atoms with Gasteiger partial charge in [0.1, 0.15) is 11.5 Å². The van der Waals surface area contributed by atoms with E-state index >= 15 is 0 Å². The Hall–Kier alpha value is -4.59. The molecule has 0 spiro atoms. The van der Waals surface area contributed by atoms with E-state index in [9.17, 15) is 4.79 Å². The minimum atomic E-state index is -0.312. The minimum Gasteiger partial charge on any atom is -0.495 e. The standard InChI is InChI=1S/C28H30N2O6/c1-32-23-11-8-18(14-21(23)29)10-13-27(31)30-22-15-19(9-12-24(22)33-2)6-7-20-16-25(34-3)28(36-5)26(17-20)35-4/h6-17H,29H2,1-5H3,(H,30,31)/b7-6+,13-10+. The summed E-state index contributed by atoms with van der Waals surface area (Å²) in [6.07, 6.45) is 6.92. The Kier molecular flexibility index (Phi) is 8.83. The second kappa shape index (κ2) is 12.2. The molecule has 3 aromatic rings. The third kappa shape index (κ3) is 6.29. The van der Waals surface area contributed by atoms with Crippen molar-refractivity contribution >= 4 is 35.5 Å². The fourth-order valence-electron chi connectivity index (χ4n) is 3.52. The van der Waals surface area contributed by atoms with E-state index in [4.69, 9.17) is 29.4 Å². The summed E-state index contributed by atoms with van der Waals surface area (Å²) in [5.41, 5.74) is 9.44. The Morgan fingerprint density at radius 1 is 0.667 bits per heavy atom. The first-order chi connectivity index (χ1) is 17.4. The third-order valence-corrected chi connectivity index (χ3v) is 5.32. The van der Waals surface area contributed by atoms with Crippen molar-refractivity contribution in [2.45, 2.75) is 0 Å². The maximum atomic E-state index is 12.6. The number of nitrogens with one attached hydrogen (secondary N) is 1. The SMILES string of the molecule is COc1ccc(/C=C/C(=O)Nc2cc(/C=C/c3cc(OC)c(OC)c(OC)c3)ccc2OC)cc1N. The second-order valence-electron chi connectivity index (χ2n) is 7.58. The molecule has 0 bridgehead atoms. The fourth-order valence-corrected chi connectivity index (χ4v) is 3.52. The second-order valence-corrected chi connectivity index (χ2v) is 7.58. The molecule has 0 aliphatic carbocycles. The van der Waals surface area contributed by atoms with Gasteiger partial charge >= 0.3 is 0 Å². The third-order valence-electron chi connectivity index (χ3n) is 5.32. The number of rotatable bonds is 10. The van der Waals surface area contributed by atoms with Gasteiger partial charge in [-0.3, -0.25) is 4.79 Å². The highest BCUT2D eigenvalue weighted by atomic mass is 16.5. The first-order valence-corrected chi connectivity index (χ1v) is 11.0. The molecule has 8 nitrogen and oxygen atoms in total. The first-order valence-electron chi connectivity index (χ1n) is 11.0. The molecule has 0 radical (unpaired) electrons. The largest absolute Gasteiger partial charge is 0.495 e. The molecule has 0 atom stereocenters. The van der Waals surface area contributed by atoms with Gasteiger partial charge in [-0.05, 0) is 59.2 Å². The number of nitrogens with two attached hydrogens (primary N) is 1. The molecule has 0 unspecified atom stereocenters. The van der Waals surface area contributed by atoms with Crippen LogP contribution in [0.5, 0.6) is 28.7 Å². The Bertz CT molecular complexity index is 1260. The number of hydrogen-bond acceptors (Lipinski definition) is 7. The van der Waals surface area contributed by atoms with E-state index in [-0.39, 0.29) is 5.91 Å². The maximum absolute atomic E-state index is 12.6. The average molecular weight is 491 g/mol. The van der Waals surface area contributed by atoms with Crippen LogP contribution >= 0.6 is 0 Å². The van der Waals surface area contributed by atoms with Crippen LogP contribution in [0.3, 0.4) is 0 Å². The van der Waals surface area contributed by atoms with Crippen molar-refractivity contribution in [1.82, 2.24) is 0 Å². The van der Waals surface area contributed by atoms with Crippen LogP contribution in [0.2, 0.25) is 0 Å². The molecule has 0 aromatic heterocycles. The topological polar surface area (TPSA) is 101 Å². The Morgan fingerprint density at radius 3 is 1.78 bits per heavy atom. The smallest absolute Gasteiger partial charge is 0.248 e. The number of methoxy groups -OCH3 is 5. The van der Waals surface area contributed by atoms with Gasteiger partial charge in [-0.15, -0.1) is 0 Å². The lowest BCUT2D eigenvalue weighted by Crippen LogP contribution is -2.09. The number of amides is 1. The van der Waals surface area contributed by atoms with Gasteiger partial charge in [-0.25, -0.2) is 0 Å². The van der Waals surface area contributed by atoms with Gasteiger partial charge in [-0.2, -0.15) is 0 Å².